The van der Waals surface area contributed by atoms with Gasteiger partial charge in [-0.3, -0.25) is 0 Å². The van der Waals surface area contributed by atoms with Crippen molar-refractivity contribution < 1.29 is 0 Å². The van der Waals surface area contributed by atoms with Crippen molar-refractivity contribution in [3.05, 3.63) is 0 Å². The highest BCUT2D eigenvalue weighted by atomic mass is 15.3. The summed E-state index contributed by atoms with van der Waals surface area (Å²) in [6.07, 6.45) is 2.19. The fraction of sp³-hybridized carbons (Fsp3) is 0.727. The van der Waals surface area contributed by atoms with Crippen molar-refractivity contribution in [3.8, 4) is 0 Å². The third kappa shape index (κ3) is 3.19. The highest BCUT2D eigenvalue weighted by Crippen LogP contribution is 2.15. The monoisotopic (exact) mass is 251 g/mol. The summed E-state index contributed by atoms with van der Waals surface area (Å²) in [6, 6.07) is 0.415. The Hall–Kier alpha value is -1.63. The second-order valence-electron chi connectivity index (χ2n) is 4.93. The maximum absolute atomic E-state index is 5.69. The van der Waals surface area contributed by atoms with Crippen LogP contribution in [-0.2, 0) is 0 Å². The summed E-state index contributed by atoms with van der Waals surface area (Å²) in [6.45, 7) is 2.19. The molecule has 0 unspecified atom stereocenters. The van der Waals surface area contributed by atoms with E-state index in [-0.39, 0.29) is 5.95 Å². The molecule has 2 rings (SSSR count). The average molecular weight is 251 g/mol. The Morgan fingerprint density at radius 2 is 1.89 bits per heavy atom. The number of hydrogen-bond donors (Lipinski definition) is 2. The van der Waals surface area contributed by atoms with Crippen LogP contribution in [0.5, 0.6) is 0 Å². The minimum atomic E-state index is 0.254. The zero-order valence-electron chi connectivity index (χ0n) is 11.2. The molecule has 0 aromatic carbocycles. The molecule has 0 bridgehead atoms. The minimum absolute atomic E-state index is 0.254. The Morgan fingerprint density at radius 1 is 1.22 bits per heavy atom. The van der Waals surface area contributed by atoms with Crippen molar-refractivity contribution in [3.63, 3.8) is 0 Å². The lowest BCUT2D eigenvalue weighted by atomic mass is 10.1. The molecule has 0 amide bonds. The quantitative estimate of drug-likeness (QED) is 0.784. The molecule has 1 fully saturated rings. The van der Waals surface area contributed by atoms with Gasteiger partial charge in [-0.1, -0.05) is 0 Å². The van der Waals surface area contributed by atoms with Crippen LogP contribution in [0.25, 0.3) is 0 Å². The molecule has 0 saturated carbocycles. The standard InChI is InChI=1S/C11H21N7/c1-17(2)11-15-9(12)14-10(16-11)13-8-4-6-18(3)7-5-8/h8H,4-7H2,1-3H3,(H3,12,13,14,15,16). The molecule has 7 nitrogen and oxygen atoms in total. The molecule has 3 N–H and O–H groups in total. The van der Waals surface area contributed by atoms with Crippen LogP contribution in [-0.4, -0.2) is 60.1 Å². The third-order valence-corrected chi connectivity index (χ3v) is 3.09. The fourth-order valence-electron chi connectivity index (χ4n) is 1.98. The fourth-order valence-corrected chi connectivity index (χ4v) is 1.98. The molecule has 7 heteroatoms. The van der Waals surface area contributed by atoms with Crippen molar-refractivity contribution in [2.24, 2.45) is 0 Å². The number of hydrogen-bond acceptors (Lipinski definition) is 7. The maximum atomic E-state index is 5.69. The first-order valence-corrected chi connectivity index (χ1v) is 6.18. The van der Waals surface area contributed by atoms with Crippen molar-refractivity contribution in [2.75, 3.05) is 50.2 Å². The molecule has 1 aliphatic heterocycles. The van der Waals surface area contributed by atoms with E-state index in [2.05, 4.69) is 32.2 Å². The molecule has 2 heterocycles. The largest absolute Gasteiger partial charge is 0.368 e. The molecular formula is C11H21N7. The molecule has 0 aliphatic carbocycles. The SMILES string of the molecule is CN1CCC(Nc2nc(N)nc(N(C)C)n2)CC1. The molecule has 18 heavy (non-hydrogen) atoms. The van der Waals surface area contributed by atoms with Gasteiger partial charge in [-0.2, -0.15) is 15.0 Å². The molecule has 1 saturated heterocycles. The van der Waals surface area contributed by atoms with Gasteiger partial charge in [0.05, 0.1) is 0 Å². The number of anilines is 3. The number of nitrogens with zero attached hydrogens (tertiary/aromatic N) is 5. The van der Waals surface area contributed by atoms with Crippen molar-refractivity contribution in [2.45, 2.75) is 18.9 Å². The number of rotatable bonds is 3. The van der Waals surface area contributed by atoms with E-state index in [1.54, 1.807) is 0 Å². The van der Waals surface area contributed by atoms with E-state index < -0.39 is 0 Å². The molecule has 0 spiro atoms. The minimum Gasteiger partial charge on any atom is -0.368 e. The van der Waals surface area contributed by atoms with Gasteiger partial charge in [-0.05, 0) is 33.0 Å². The van der Waals surface area contributed by atoms with E-state index in [0.29, 0.717) is 17.9 Å². The summed E-state index contributed by atoms with van der Waals surface area (Å²) >= 11 is 0. The molecule has 1 aliphatic rings. The number of nitrogens with one attached hydrogen (secondary N) is 1. The van der Waals surface area contributed by atoms with Crippen molar-refractivity contribution in [1.82, 2.24) is 19.9 Å². The Balaban J connectivity index is 2.04. The zero-order chi connectivity index (χ0) is 13.1. The van der Waals surface area contributed by atoms with E-state index in [4.69, 9.17) is 5.73 Å². The van der Waals surface area contributed by atoms with Crippen LogP contribution in [0.4, 0.5) is 17.8 Å². The summed E-state index contributed by atoms with van der Waals surface area (Å²) in [5.74, 6) is 1.41. The predicted molar refractivity (Wildman–Crippen MR) is 72.7 cm³/mol. The number of piperidine rings is 1. The van der Waals surface area contributed by atoms with Crippen LogP contribution in [0.1, 0.15) is 12.8 Å². The van der Waals surface area contributed by atoms with Gasteiger partial charge in [0.2, 0.25) is 17.8 Å². The van der Waals surface area contributed by atoms with Crippen LogP contribution >= 0.6 is 0 Å². The molecule has 0 atom stereocenters. The smallest absolute Gasteiger partial charge is 0.231 e. The second-order valence-corrected chi connectivity index (χ2v) is 4.93. The number of aromatic nitrogens is 3. The van der Waals surface area contributed by atoms with Gasteiger partial charge in [0.15, 0.2) is 0 Å². The first kappa shape index (κ1) is 12.8. The van der Waals surface area contributed by atoms with E-state index in [9.17, 15) is 0 Å². The second kappa shape index (κ2) is 5.34. The van der Waals surface area contributed by atoms with Crippen LogP contribution < -0.4 is 16.0 Å². The molecule has 1 aromatic rings. The van der Waals surface area contributed by atoms with E-state index >= 15 is 0 Å². The van der Waals surface area contributed by atoms with E-state index in [0.717, 1.165) is 25.9 Å². The van der Waals surface area contributed by atoms with Crippen LogP contribution in [0.3, 0.4) is 0 Å². The van der Waals surface area contributed by atoms with Crippen molar-refractivity contribution in [1.29, 1.82) is 0 Å². The van der Waals surface area contributed by atoms with Crippen molar-refractivity contribution >= 4 is 17.8 Å². The highest BCUT2D eigenvalue weighted by Gasteiger charge is 2.18. The Bertz CT molecular complexity index is 398. The summed E-state index contributed by atoms with van der Waals surface area (Å²) in [4.78, 5) is 16.7. The van der Waals surface area contributed by atoms with E-state index in [1.165, 1.54) is 0 Å². The summed E-state index contributed by atoms with van der Waals surface area (Å²) in [5, 5.41) is 3.34. The van der Waals surface area contributed by atoms with Gasteiger partial charge in [0.25, 0.3) is 0 Å². The molecule has 0 radical (unpaired) electrons. The van der Waals surface area contributed by atoms with Gasteiger partial charge < -0.3 is 20.9 Å². The zero-order valence-corrected chi connectivity index (χ0v) is 11.2. The maximum Gasteiger partial charge on any atom is 0.231 e. The molecule has 1 aromatic heterocycles. The Morgan fingerprint density at radius 3 is 2.50 bits per heavy atom. The van der Waals surface area contributed by atoms with Crippen LogP contribution in [0.2, 0.25) is 0 Å². The lowest BCUT2D eigenvalue weighted by Crippen LogP contribution is -2.37. The third-order valence-electron chi connectivity index (χ3n) is 3.09. The first-order valence-electron chi connectivity index (χ1n) is 6.18. The van der Waals surface area contributed by atoms with Crippen LogP contribution in [0, 0.1) is 0 Å². The predicted octanol–water partition coefficient (Wildman–Crippen LogP) is 0.0259. The number of likely N-dealkylation sites (tertiary alicyclic amines) is 1. The summed E-state index contributed by atoms with van der Waals surface area (Å²) in [7, 11) is 5.91. The highest BCUT2D eigenvalue weighted by molar-refractivity contribution is 5.41. The van der Waals surface area contributed by atoms with E-state index in [1.807, 2.05) is 19.0 Å². The van der Waals surface area contributed by atoms with Gasteiger partial charge in [0, 0.05) is 20.1 Å². The first-order chi connectivity index (χ1) is 8.54. The van der Waals surface area contributed by atoms with Crippen LogP contribution in [0.15, 0.2) is 0 Å². The normalized spacial score (nSPS) is 17.7. The Kier molecular flexibility index (Phi) is 3.81. The number of nitrogen functional groups attached to an aromatic ring is 1. The molecule has 100 valence electrons. The topological polar surface area (TPSA) is 83.2 Å². The van der Waals surface area contributed by atoms with Gasteiger partial charge in [-0.25, -0.2) is 0 Å². The average Bonchev–Trinajstić information content (AvgIpc) is 2.31. The summed E-state index contributed by atoms with van der Waals surface area (Å²) < 4.78 is 0. The molecular weight excluding hydrogens is 230 g/mol. The van der Waals surface area contributed by atoms with Gasteiger partial charge >= 0.3 is 0 Å². The van der Waals surface area contributed by atoms with Gasteiger partial charge in [-0.15, -0.1) is 0 Å². The van der Waals surface area contributed by atoms with Gasteiger partial charge in [0.1, 0.15) is 0 Å². The lowest BCUT2D eigenvalue weighted by Gasteiger charge is -2.29. The summed E-state index contributed by atoms with van der Waals surface area (Å²) in [5.41, 5.74) is 5.69. The lowest BCUT2D eigenvalue weighted by molar-refractivity contribution is 0.263. The Labute approximate surface area is 107 Å². The number of nitrogens with two attached hydrogens (primary N) is 1.